The highest BCUT2D eigenvalue weighted by molar-refractivity contribution is 5.32. The molecule has 0 fully saturated rings. The van der Waals surface area contributed by atoms with Crippen LogP contribution >= 0.6 is 0 Å². The summed E-state index contributed by atoms with van der Waals surface area (Å²) in [5.74, 6) is 0.468. The quantitative estimate of drug-likeness (QED) is 0.556. The first-order valence-electron chi connectivity index (χ1n) is 2.49. The average Bonchev–Trinajstić information content (AvgIpc) is 2.59. The summed E-state index contributed by atoms with van der Waals surface area (Å²) in [6.45, 7) is 0. The van der Waals surface area contributed by atoms with Gasteiger partial charge in [0.05, 0.1) is 0 Å². The molecule has 2 aromatic rings. The van der Waals surface area contributed by atoms with Gasteiger partial charge in [0.2, 0.25) is 12.8 Å². The third-order valence-electron chi connectivity index (χ3n) is 0.903. The highest BCUT2D eigenvalue weighted by Gasteiger charge is 2.07. The Labute approximate surface area is 54.9 Å². The molecule has 0 atom stereocenters. The van der Waals surface area contributed by atoms with Crippen molar-refractivity contribution in [3.05, 3.63) is 12.8 Å². The number of hydrogen-bond acceptors (Lipinski definition) is 6. The Hall–Kier alpha value is -1.72. The average molecular weight is 138 g/mol. The van der Waals surface area contributed by atoms with Crippen molar-refractivity contribution in [2.45, 2.75) is 0 Å². The van der Waals surface area contributed by atoms with Gasteiger partial charge in [-0.2, -0.15) is 0 Å². The highest BCUT2D eigenvalue weighted by atomic mass is 16.4. The zero-order valence-electron chi connectivity index (χ0n) is 4.76. The van der Waals surface area contributed by atoms with Crippen molar-refractivity contribution in [1.29, 1.82) is 0 Å². The van der Waals surface area contributed by atoms with Crippen LogP contribution in [0.2, 0.25) is 0 Å². The lowest BCUT2D eigenvalue weighted by Crippen LogP contribution is -1.76. The maximum Gasteiger partial charge on any atom is 0.305 e. The Bertz CT molecular complexity index is 255. The second kappa shape index (κ2) is 1.90. The van der Waals surface area contributed by atoms with Crippen molar-refractivity contribution in [2.24, 2.45) is 0 Å². The van der Waals surface area contributed by atoms with Gasteiger partial charge < -0.3 is 8.83 Å². The number of rotatable bonds is 1. The molecule has 0 bridgehead atoms. The van der Waals surface area contributed by atoms with Crippen molar-refractivity contribution in [1.82, 2.24) is 20.4 Å². The molecule has 0 unspecified atom stereocenters. The largest absolute Gasteiger partial charge is 0.420 e. The summed E-state index contributed by atoms with van der Waals surface area (Å²) >= 11 is 0. The van der Waals surface area contributed by atoms with E-state index in [2.05, 4.69) is 20.4 Å². The van der Waals surface area contributed by atoms with Gasteiger partial charge in [0.15, 0.2) is 0 Å². The predicted molar refractivity (Wildman–Crippen MR) is 27.6 cm³/mol. The Morgan fingerprint density at radius 1 is 0.900 bits per heavy atom. The normalized spacial score (nSPS) is 10.0. The van der Waals surface area contributed by atoms with E-state index in [0.29, 0.717) is 0 Å². The maximum absolute atomic E-state index is 4.76. The Morgan fingerprint density at radius 2 is 1.40 bits per heavy atom. The second-order valence-corrected chi connectivity index (χ2v) is 1.49. The molecule has 6 nitrogen and oxygen atoms in total. The van der Waals surface area contributed by atoms with E-state index >= 15 is 0 Å². The maximum atomic E-state index is 4.76. The Balaban J connectivity index is 2.48. The van der Waals surface area contributed by atoms with Gasteiger partial charge in [0.25, 0.3) is 0 Å². The molecular weight excluding hydrogens is 136 g/mol. The van der Waals surface area contributed by atoms with Gasteiger partial charge in [0, 0.05) is 0 Å². The van der Waals surface area contributed by atoms with Crippen LogP contribution in [0.4, 0.5) is 0 Å². The van der Waals surface area contributed by atoms with Crippen molar-refractivity contribution in [2.75, 3.05) is 0 Å². The van der Waals surface area contributed by atoms with E-state index in [1.807, 2.05) is 0 Å². The van der Waals surface area contributed by atoms with Crippen LogP contribution in [0.3, 0.4) is 0 Å². The topological polar surface area (TPSA) is 77.8 Å². The summed E-state index contributed by atoms with van der Waals surface area (Å²) in [6, 6.07) is 0. The van der Waals surface area contributed by atoms with Crippen LogP contribution in [0.1, 0.15) is 0 Å². The molecule has 0 spiro atoms. The Kier molecular flexibility index (Phi) is 0.970. The van der Waals surface area contributed by atoms with Gasteiger partial charge in [-0.3, -0.25) is 0 Å². The van der Waals surface area contributed by atoms with Crippen molar-refractivity contribution >= 4 is 0 Å². The van der Waals surface area contributed by atoms with Crippen LogP contribution < -0.4 is 0 Å². The van der Waals surface area contributed by atoms with Crippen molar-refractivity contribution in [3.63, 3.8) is 0 Å². The SMILES string of the molecule is c1nnc(-c2nnco2)o1. The molecule has 2 heterocycles. The van der Waals surface area contributed by atoms with Gasteiger partial charge >= 0.3 is 11.8 Å². The molecule has 2 aromatic heterocycles. The monoisotopic (exact) mass is 138 g/mol. The van der Waals surface area contributed by atoms with E-state index in [0.717, 1.165) is 0 Å². The smallest absolute Gasteiger partial charge is 0.305 e. The summed E-state index contributed by atoms with van der Waals surface area (Å²) in [5, 5.41) is 14.0. The summed E-state index contributed by atoms with van der Waals surface area (Å²) < 4.78 is 9.52. The van der Waals surface area contributed by atoms with Crippen LogP contribution in [-0.4, -0.2) is 20.4 Å². The molecule has 0 amide bonds. The lowest BCUT2D eigenvalue weighted by atomic mass is 10.7. The van der Waals surface area contributed by atoms with Gasteiger partial charge in [-0.1, -0.05) is 0 Å². The highest BCUT2D eigenvalue weighted by Crippen LogP contribution is 2.09. The minimum absolute atomic E-state index is 0.234. The van der Waals surface area contributed by atoms with Gasteiger partial charge in [-0.15, -0.1) is 20.4 Å². The minimum atomic E-state index is 0.234. The van der Waals surface area contributed by atoms with E-state index in [4.69, 9.17) is 8.83 Å². The van der Waals surface area contributed by atoms with E-state index in [1.54, 1.807) is 0 Å². The molecule has 10 heavy (non-hydrogen) atoms. The molecule has 0 aliphatic carbocycles. The molecule has 0 saturated heterocycles. The number of aromatic nitrogens is 4. The third-order valence-corrected chi connectivity index (χ3v) is 0.903. The van der Waals surface area contributed by atoms with E-state index in [9.17, 15) is 0 Å². The summed E-state index contributed by atoms with van der Waals surface area (Å²) in [7, 11) is 0. The molecule has 2 rings (SSSR count). The molecule has 6 heteroatoms. The molecule has 0 aliphatic rings. The molecule has 0 N–H and O–H groups in total. The second-order valence-electron chi connectivity index (χ2n) is 1.49. The summed E-state index contributed by atoms with van der Waals surface area (Å²) in [5.41, 5.74) is 0. The fraction of sp³-hybridized carbons (Fsp3) is 0. The van der Waals surface area contributed by atoms with Crippen LogP contribution in [0, 0.1) is 0 Å². The van der Waals surface area contributed by atoms with E-state index in [1.165, 1.54) is 12.8 Å². The van der Waals surface area contributed by atoms with Crippen LogP contribution in [0.25, 0.3) is 11.8 Å². The Morgan fingerprint density at radius 3 is 1.70 bits per heavy atom. The first-order chi connectivity index (χ1) is 4.97. The van der Waals surface area contributed by atoms with Crippen LogP contribution in [0.15, 0.2) is 21.6 Å². The number of hydrogen-bond donors (Lipinski definition) is 0. The fourth-order valence-corrected chi connectivity index (χ4v) is 0.533. The molecule has 0 radical (unpaired) electrons. The van der Waals surface area contributed by atoms with Gasteiger partial charge in [-0.25, -0.2) is 0 Å². The van der Waals surface area contributed by atoms with Crippen LogP contribution in [0.5, 0.6) is 0 Å². The zero-order chi connectivity index (χ0) is 6.81. The molecule has 0 aliphatic heterocycles. The lowest BCUT2D eigenvalue weighted by Gasteiger charge is -1.77. The molecule has 0 saturated carbocycles. The van der Waals surface area contributed by atoms with E-state index < -0.39 is 0 Å². The van der Waals surface area contributed by atoms with Gasteiger partial charge in [0.1, 0.15) is 0 Å². The van der Waals surface area contributed by atoms with Crippen molar-refractivity contribution in [3.8, 4) is 11.8 Å². The molecular formula is C4H2N4O2. The summed E-state index contributed by atoms with van der Waals surface area (Å²) in [6.07, 6.45) is 2.39. The predicted octanol–water partition coefficient (Wildman–Crippen LogP) is 0.120. The minimum Gasteiger partial charge on any atom is -0.420 e. The van der Waals surface area contributed by atoms with E-state index in [-0.39, 0.29) is 11.8 Å². The van der Waals surface area contributed by atoms with Crippen molar-refractivity contribution < 1.29 is 8.83 Å². The third kappa shape index (κ3) is 0.661. The lowest BCUT2D eigenvalue weighted by molar-refractivity contribution is 0.508. The zero-order valence-corrected chi connectivity index (χ0v) is 4.76. The van der Waals surface area contributed by atoms with Gasteiger partial charge in [-0.05, 0) is 0 Å². The first-order valence-corrected chi connectivity index (χ1v) is 2.49. The van der Waals surface area contributed by atoms with Crippen LogP contribution in [-0.2, 0) is 0 Å². The molecule has 50 valence electrons. The summed E-state index contributed by atoms with van der Waals surface area (Å²) in [4.78, 5) is 0. The first kappa shape index (κ1) is 5.10. The number of nitrogens with zero attached hydrogens (tertiary/aromatic N) is 4. The fourth-order valence-electron chi connectivity index (χ4n) is 0.533. The standard InChI is InChI=1S/C4H2N4O2/c1-5-7-3(9-1)4-8-6-2-10-4/h1-2H. The molecule has 0 aromatic carbocycles.